The SMILES string of the molecule is Brc1ccc2c3ccccc3n(-c3ccccn3)c2c1.C.C.Cc1cccc(C)c1-c1cnc2c3cc(=O)ccc3c3[nH]cccc3n12.Cc1cccc(C)c1-c1cnc2c3cc(Oc4ccc5c6ccccc6n(-c6ccccn6)c5c4)ccc3c3ncccc3n12. The molecule has 93 heavy (non-hydrogen) atoms. The summed E-state index contributed by atoms with van der Waals surface area (Å²) in [5.74, 6) is 3.29. The third kappa shape index (κ3) is 10.0. The number of hydrogen-bond acceptors (Lipinski definition) is 7. The van der Waals surface area contributed by atoms with Crippen LogP contribution in [0.25, 0.3) is 133 Å². The summed E-state index contributed by atoms with van der Waals surface area (Å²) in [4.78, 5) is 39.0. The predicted molar refractivity (Wildman–Crippen MR) is 387 cm³/mol. The van der Waals surface area contributed by atoms with E-state index in [0.717, 1.165) is 110 Å². The second kappa shape index (κ2) is 24.0. The van der Waals surface area contributed by atoms with Gasteiger partial charge in [-0.25, -0.2) is 19.9 Å². The molecule has 0 saturated carbocycles. The number of aromatic amines is 1. The van der Waals surface area contributed by atoms with Gasteiger partial charge in [-0.1, -0.05) is 122 Å². The van der Waals surface area contributed by atoms with Gasteiger partial charge in [0.15, 0.2) is 5.43 Å². The monoisotopic (exact) mass is 1270 g/mol. The van der Waals surface area contributed by atoms with Crippen LogP contribution in [0.2, 0.25) is 0 Å². The molecule has 10 aromatic heterocycles. The molecule has 452 valence electrons. The Labute approximate surface area is 544 Å². The second-order valence-corrected chi connectivity index (χ2v) is 23.8. The molecule has 0 aliphatic heterocycles. The Bertz CT molecular complexity index is 5940. The average molecular weight is 1280 g/mol. The fourth-order valence-electron chi connectivity index (χ4n) is 13.4. The molecule has 0 saturated heterocycles. The van der Waals surface area contributed by atoms with Crippen LogP contribution in [-0.4, -0.2) is 47.8 Å². The number of fused-ring (bicyclic) bond motifs is 18. The summed E-state index contributed by atoms with van der Waals surface area (Å²) >= 11 is 3.56. The minimum atomic E-state index is -0.00805. The van der Waals surface area contributed by atoms with Gasteiger partial charge in [0, 0.05) is 89.5 Å². The molecule has 18 aromatic rings. The van der Waals surface area contributed by atoms with E-state index < -0.39 is 0 Å². The molecule has 0 aliphatic rings. The minimum Gasteiger partial charge on any atom is -0.457 e. The van der Waals surface area contributed by atoms with Crippen LogP contribution in [0.1, 0.15) is 37.1 Å². The van der Waals surface area contributed by atoms with Crippen molar-refractivity contribution in [3.8, 4) is 45.6 Å². The van der Waals surface area contributed by atoms with E-state index in [4.69, 9.17) is 19.7 Å². The number of hydrogen-bond donors (Lipinski definition) is 1. The normalized spacial score (nSPS) is 11.4. The van der Waals surface area contributed by atoms with Gasteiger partial charge in [-0.2, -0.15) is 0 Å². The predicted octanol–water partition coefficient (Wildman–Crippen LogP) is 20.4. The molecule has 0 bridgehead atoms. The van der Waals surface area contributed by atoms with Crippen molar-refractivity contribution in [1.29, 1.82) is 0 Å². The van der Waals surface area contributed by atoms with Crippen LogP contribution in [0.15, 0.2) is 265 Å². The highest BCUT2D eigenvalue weighted by Crippen LogP contribution is 2.40. The molecular formula is C80H63BrN10O2. The van der Waals surface area contributed by atoms with Gasteiger partial charge >= 0.3 is 0 Å². The highest BCUT2D eigenvalue weighted by molar-refractivity contribution is 9.10. The highest BCUT2D eigenvalue weighted by Gasteiger charge is 2.21. The van der Waals surface area contributed by atoms with Gasteiger partial charge in [0.2, 0.25) is 0 Å². The molecule has 1 N–H and O–H groups in total. The third-order valence-electron chi connectivity index (χ3n) is 17.4. The van der Waals surface area contributed by atoms with Gasteiger partial charge in [0.25, 0.3) is 0 Å². The molecule has 0 fully saturated rings. The zero-order valence-electron chi connectivity index (χ0n) is 50.0. The largest absolute Gasteiger partial charge is 0.457 e. The molecule has 0 atom stereocenters. The lowest BCUT2D eigenvalue weighted by molar-refractivity contribution is 0.484. The van der Waals surface area contributed by atoms with E-state index in [1.165, 1.54) is 60.6 Å². The lowest BCUT2D eigenvalue weighted by Gasteiger charge is -2.14. The maximum absolute atomic E-state index is 12.0. The number of aryl methyl sites for hydroxylation is 4. The third-order valence-corrected chi connectivity index (χ3v) is 17.9. The molecule has 0 aliphatic carbocycles. The summed E-state index contributed by atoms with van der Waals surface area (Å²) in [5, 5.41) is 8.72. The Morgan fingerprint density at radius 3 is 1.47 bits per heavy atom. The van der Waals surface area contributed by atoms with Crippen molar-refractivity contribution in [2.24, 2.45) is 0 Å². The van der Waals surface area contributed by atoms with Crippen molar-refractivity contribution in [3.05, 3.63) is 293 Å². The summed E-state index contributed by atoms with van der Waals surface area (Å²) < 4.78 is 16.4. The number of halogens is 1. The summed E-state index contributed by atoms with van der Waals surface area (Å²) in [7, 11) is 0. The first-order valence-corrected chi connectivity index (χ1v) is 30.9. The minimum absolute atomic E-state index is 0. The standard InChI is InChI=1S/C39H27N5O.C22H17N3O.C17H11BrN2.2CH4/c1-24-9-7-10-25(2)37(24)35-23-42-39-31-21-26(16-18-30(31)38-33(44(35)39)13-8-20-41-38)45-27-15-17-29-28-11-3-4-12-32(28)43(34(29)22-27)36-14-5-6-19-40-36;1-13-5-3-6-14(2)20(13)19-12-24-22-17-11-15(26)8-9-16(17)21-18(25(19)22)7-4-10-23-21;18-12-8-9-14-13-5-1-2-6-15(13)20(16(14)11-12)17-7-3-4-10-19-17;;/h3-23H,1-2H3;3-12,23H,1-2H3;1-11H;2*1H4. The van der Waals surface area contributed by atoms with Crippen LogP contribution in [0.5, 0.6) is 11.5 Å². The zero-order chi connectivity index (χ0) is 61.4. The molecule has 12 nitrogen and oxygen atoms in total. The second-order valence-electron chi connectivity index (χ2n) is 22.9. The fraction of sp³-hybridized carbons (Fsp3) is 0.0750. The Balaban J connectivity index is 0.000000132. The number of H-pyrrole nitrogens is 1. The molecule has 18 rings (SSSR count). The molecule has 0 radical (unpaired) electrons. The number of para-hydroxylation sites is 2. The number of imidazole rings is 2. The van der Waals surface area contributed by atoms with Crippen molar-refractivity contribution in [2.45, 2.75) is 42.5 Å². The Hall–Kier alpha value is -11.5. The van der Waals surface area contributed by atoms with Crippen LogP contribution >= 0.6 is 15.9 Å². The first-order valence-electron chi connectivity index (χ1n) is 30.1. The number of aromatic nitrogens is 10. The molecule has 0 amide bonds. The smallest absolute Gasteiger partial charge is 0.179 e. The summed E-state index contributed by atoms with van der Waals surface area (Å²) in [6.07, 6.45) is 11.3. The number of rotatable bonds is 6. The molecule has 13 heteroatoms. The van der Waals surface area contributed by atoms with E-state index in [2.05, 4.69) is 216 Å². The maximum Gasteiger partial charge on any atom is 0.179 e. The Morgan fingerprint density at radius 2 is 0.871 bits per heavy atom. The van der Waals surface area contributed by atoms with Crippen LogP contribution in [-0.2, 0) is 0 Å². The molecule has 0 spiro atoms. The number of pyridine rings is 6. The van der Waals surface area contributed by atoms with E-state index in [-0.39, 0.29) is 20.3 Å². The van der Waals surface area contributed by atoms with Gasteiger partial charge in [0.1, 0.15) is 34.4 Å². The van der Waals surface area contributed by atoms with Gasteiger partial charge in [-0.3, -0.25) is 27.7 Å². The van der Waals surface area contributed by atoms with E-state index in [1.807, 2.05) is 104 Å². The van der Waals surface area contributed by atoms with E-state index in [9.17, 15) is 4.79 Å². The number of nitrogens with one attached hydrogen (secondary N) is 1. The van der Waals surface area contributed by atoms with Crippen molar-refractivity contribution >= 4 is 114 Å². The van der Waals surface area contributed by atoms with E-state index in [1.54, 1.807) is 12.1 Å². The van der Waals surface area contributed by atoms with Crippen LogP contribution in [0, 0.1) is 27.7 Å². The lowest BCUT2D eigenvalue weighted by atomic mass is 10.0. The van der Waals surface area contributed by atoms with Crippen LogP contribution in [0.4, 0.5) is 0 Å². The number of nitrogens with zero attached hydrogens (tertiary/aromatic N) is 9. The van der Waals surface area contributed by atoms with Crippen molar-refractivity contribution in [1.82, 2.24) is 47.8 Å². The van der Waals surface area contributed by atoms with Crippen molar-refractivity contribution in [2.75, 3.05) is 0 Å². The van der Waals surface area contributed by atoms with E-state index in [0.29, 0.717) is 0 Å². The zero-order valence-corrected chi connectivity index (χ0v) is 51.6. The van der Waals surface area contributed by atoms with Gasteiger partial charge in [-0.05, 0) is 171 Å². The first kappa shape index (κ1) is 59.1. The molecule has 8 aromatic carbocycles. The lowest BCUT2D eigenvalue weighted by Crippen LogP contribution is -2.00. The summed E-state index contributed by atoms with van der Waals surface area (Å²) in [6, 6.07) is 73.7. The van der Waals surface area contributed by atoms with Crippen LogP contribution < -0.4 is 10.2 Å². The number of ether oxygens (including phenoxy) is 1. The Morgan fingerprint density at radius 1 is 0.387 bits per heavy atom. The summed E-state index contributed by atoms with van der Waals surface area (Å²) in [6.45, 7) is 8.54. The quantitative estimate of drug-likeness (QED) is 0.164. The van der Waals surface area contributed by atoms with Crippen LogP contribution in [0.3, 0.4) is 0 Å². The molecular weight excluding hydrogens is 1210 g/mol. The van der Waals surface area contributed by atoms with E-state index >= 15 is 0 Å². The number of benzene rings is 8. The van der Waals surface area contributed by atoms with Gasteiger partial charge in [0.05, 0.1) is 67.9 Å². The highest BCUT2D eigenvalue weighted by atomic mass is 79.9. The summed E-state index contributed by atoms with van der Waals surface area (Å²) in [5.41, 5.74) is 19.5. The maximum atomic E-state index is 12.0. The van der Waals surface area contributed by atoms with Gasteiger partial charge in [-0.15, -0.1) is 0 Å². The Kier molecular flexibility index (Phi) is 15.3. The molecule has 10 heterocycles. The average Bonchev–Trinajstić information content (AvgIpc) is 1.73. The fourth-order valence-corrected chi connectivity index (χ4v) is 13.8. The first-order chi connectivity index (χ1) is 44.6. The molecule has 0 unspecified atom stereocenters. The topological polar surface area (TPSA) is 125 Å². The van der Waals surface area contributed by atoms with Crippen molar-refractivity contribution in [3.63, 3.8) is 0 Å². The van der Waals surface area contributed by atoms with Gasteiger partial charge < -0.3 is 9.72 Å². The van der Waals surface area contributed by atoms with Crippen molar-refractivity contribution < 1.29 is 4.74 Å².